The van der Waals surface area contributed by atoms with Crippen LogP contribution >= 0.6 is 0 Å². The standard InChI is InChI=1S/C18H14N2O3/c1-12-7-9-14(10-8-12)20-17(22)15(16(21)19-18(20)23)11-13-5-3-2-4-6-13/h2-11H,1H3,(H,19,21,23). The first-order chi connectivity index (χ1) is 11.1. The van der Waals surface area contributed by atoms with Gasteiger partial charge in [0.25, 0.3) is 11.8 Å². The number of hydrogen-bond acceptors (Lipinski definition) is 3. The van der Waals surface area contributed by atoms with Crippen LogP contribution in [0, 0.1) is 6.92 Å². The molecule has 1 heterocycles. The first-order valence-electron chi connectivity index (χ1n) is 7.09. The quantitative estimate of drug-likeness (QED) is 0.685. The van der Waals surface area contributed by atoms with Gasteiger partial charge in [-0.15, -0.1) is 0 Å². The summed E-state index contributed by atoms with van der Waals surface area (Å²) in [5.74, 6) is -1.32. The third-order valence-electron chi connectivity index (χ3n) is 3.50. The van der Waals surface area contributed by atoms with Crippen LogP contribution in [-0.4, -0.2) is 17.8 Å². The molecule has 1 N–H and O–H groups in total. The van der Waals surface area contributed by atoms with Gasteiger partial charge in [-0.2, -0.15) is 0 Å². The van der Waals surface area contributed by atoms with Crippen molar-refractivity contribution in [2.45, 2.75) is 6.92 Å². The van der Waals surface area contributed by atoms with E-state index in [0.717, 1.165) is 10.5 Å². The van der Waals surface area contributed by atoms with Crippen molar-refractivity contribution < 1.29 is 14.4 Å². The number of rotatable bonds is 2. The molecule has 4 amide bonds. The molecule has 0 aromatic heterocycles. The van der Waals surface area contributed by atoms with Gasteiger partial charge in [0, 0.05) is 0 Å². The Morgan fingerprint density at radius 1 is 0.913 bits per heavy atom. The summed E-state index contributed by atoms with van der Waals surface area (Å²) in [7, 11) is 0. The van der Waals surface area contributed by atoms with Gasteiger partial charge in [0.15, 0.2) is 0 Å². The SMILES string of the molecule is Cc1ccc(N2C(=O)NC(=O)C(=Cc3ccccc3)C2=O)cc1. The number of nitrogens with zero attached hydrogens (tertiary/aromatic N) is 1. The predicted octanol–water partition coefficient (Wildman–Crippen LogP) is 2.66. The van der Waals surface area contributed by atoms with Crippen LogP contribution in [0.4, 0.5) is 10.5 Å². The number of amides is 4. The van der Waals surface area contributed by atoms with Gasteiger partial charge in [0.1, 0.15) is 5.57 Å². The van der Waals surface area contributed by atoms with Crippen molar-refractivity contribution in [3.8, 4) is 0 Å². The number of imide groups is 2. The van der Waals surface area contributed by atoms with Crippen molar-refractivity contribution in [3.63, 3.8) is 0 Å². The average molecular weight is 306 g/mol. The van der Waals surface area contributed by atoms with Crippen LogP contribution in [0.5, 0.6) is 0 Å². The molecule has 0 bridgehead atoms. The van der Waals surface area contributed by atoms with Crippen molar-refractivity contribution in [3.05, 3.63) is 71.3 Å². The fourth-order valence-electron chi connectivity index (χ4n) is 2.30. The molecule has 1 aliphatic rings. The molecule has 5 nitrogen and oxygen atoms in total. The van der Waals surface area contributed by atoms with E-state index in [1.54, 1.807) is 48.5 Å². The summed E-state index contributed by atoms with van der Waals surface area (Å²) in [6, 6.07) is 15.2. The Labute approximate surface area is 133 Å². The topological polar surface area (TPSA) is 66.5 Å². The van der Waals surface area contributed by atoms with Crippen molar-refractivity contribution in [1.82, 2.24) is 5.32 Å². The molecule has 1 fully saturated rings. The number of barbiturate groups is 1. The maximum absolute atomic E-state index is 12.6. The Morgan fingerprint density at radius 3 is 2.22 bits per heavy atom. The molecule has 5 heteroatoms. The van der Waals surface area contributed by atoms with Crippen molar-refractivity contribution in [1.29, 1.82) is 0 Å². The Hall–Kier alpha value is -3.21. The maximum Gasteiger partial charge on any atom is 0.335 e. The highest BCUT2D eigenvalue weighted by Gasteiger charge is 2.36. The summed E-state index contributed by atoms with van der Waals surface area (Å²) >= 11 is 0. The second-order valence-corrected chi connectivity index (χ2v) is 5.20. The molecule has 1 aliphatic heterocycles. The third kappa shape index (κ3) is 2.89. The van der Waals surface area contributed by atoms with Crippen LogP contribution in [0.25, 0.3) is 6.08 Å². The number of urea groups is 1. The van der Waals surface area contributed by atoms with E-state index in [-0.39, 0.29) is 5.57 Å². The lowest BCUT2D eigenvalue weighted by atomic mass is 10.1. The number of carbonyl (C=O) groups is 3. The highest BCUT2D eigenvalue weighted by atomic mass is 16.2. The molecular weight excluding hydrogens is 292 g/mol. The van der Waals surface area contributed by atoms with E-state index in [1.165, 1.54) is 6.08 Å². The van der Waals surface area contributed by atoms with E-state index in [0.29, 0.717) is 11.3 Å². The predicted molar refractivity (Wildman–Crippen MR) is 86.6 cm³/mol. The molecule has 0 spiro atoms. The summed E-state index contributed by atoms with van der Waals surface area (Å²) in [6.45, 7) is 1.91. The molecule has 3 rings (SSSR count). The molecule has 2 aromatic rings. The Bertz CT molecular complexity index is 808. The average Bonchev–Trinajstić information content (AvgIpc) is 2.54. The molecule has 23 heavy (non-hydrogen) atoms. The lowest BCUT2D eigenvalue weighted by molar-refractivity contribution is -0.122. The second kappa shape index (κ2) is 5.88. The van der Waals surface area contributed by atoms with Crippen molar-refractivity contribution in [2.75, 3.05) is 4.90 Å². The van der Waals surface area contributed by atoms with Gasteiger partial charge in [-0.05, 0) is 30.7 Å². The molecular formula is C18H14N2O3. The minimum Gasteiger partial charge on any atom is -0.273 e. The Kier molecular flexibility index (Phi) is 3.76. The fourth-order valence-corrected chi connectivity index (χ4v) is 2.30. The van der Waals surface area contributed by atoms with Gasteiger partial charge in [-0.3, -0.25) is 14.9 Å². The van der Waals surface area contributed by atoms with Crippen LogP contribution in [0.2, 0.25) is 0 Å². The van der Waals surface area contributed by atoms with E-state index < -0.39 is 17.8 Å². The fraction of sp³-hybridized carbons (Fsp3) is 0.0556. The highest BCUT2D eigenvalue weighted by Crippen LogP contribution is 2.22. The van der Waals surface area contributed by atoms with E-state index in [1.807, 2.05) is 13.0 Å². The minimum absolute atomic E-state index is 0.0728. The van der Waals surface area contributed by atoms with Crippen LogP contribution in [0.3, 0.4) is 0 Å². The Balaban J connectivity index is 2.01. The van der Waals surface area contributed by atoms with E-state index in [2.05, 4.69) is 5.32 Å². The number of benzene rings is 2. The van der Waals surface area contributed by atoms with Crippen molar-refractivity contribution in [2.24, 2.45) is 0 Å². The number of nitrogens with one attached hydrogen (secondary N) is 1. The van der Waals surface area contributed by atoms with Gasteiger partial charge in [-0.1, -0.05) is 48.0 Å². The van der Waals surface area contributed by atoms with E-state index in [4.69, 9.17) is 0 Å². The zero-order chi connectivity index (χ0) is 16.4. The summed E-state index contributed by atoms with van der Waals surface area (Å²) in [5, 5.41) is 2.20. The molecule has 0 radical (unpaired) electrons. The van der Waals surface area contributed by atoms with E-state index >= 15 is 0 Å². The minimum atomic E-state index is -0.742. The van der Waals surface area contributed by atoms with Gasteiger partial charge < -0.3 is 0 Å². The largest absolute Gasteiger partial charge is 0.335 e. The summed E-state index contributed by atoms with van der Waals surface area (Å²) in [4.78, 5) is 37.6. The smallest absolute Gasteiger partial charge is 0.273 e. The third-order valence-corrected chi connectivity index (χ3v) is 3.50. The molecule has 0 saturated carbocycles. The lowest BCUT2D eigenvalue weighted by Gasteiger charge is -2.26. The first kappa shape index (κ1) is 14.7. The molecule has 0 atom stereocenters. The summed E-state index contributed by atoms with van der Waals surface area (Å²) < 4.78 is 0. The van der Waals surface area contributed by atoms with Gasteiger partial charge >= 0.3 is 6.03 Å². The zero-order valence-corrected chi connectivity index (χ0v) is 12.4. The van der Waals surface area contributed by atoms with Gasteiger partial charge in [0.05, 0.1) is 5.69 Å². The highest BCUT2D eigenvalue weighted by molar-refractivity contribution is 6.39. The van der Waals surface area contributed by atoms with Crippen LogP contribution in [-0.2, 0) is 9.59 Å². The normalized spacial score (nSPS) is 16.7. The van der Waals surface area contributed by atoms with E-state index in [9.17, 15) is 14.4 Å². The zero-order valence-electron chi connectivity index (χ0n) is 12.4. The van der Waals surface area contributed by atoms with Crippen molar-refractivity contribution >= 4 is 29.6 Å². The summed E-state index contributed by atoms with van der Waals surface area (Å²) in [6.07, 6.45) is 1.48. The molecule has 114 valence electrons. The van der Waals surface area contributed by atoms with Gasteiger partial charge in [-0.25, -0.2) is 9.69 Å². The van der Waals surface area contributed by atoms with Crippen LogP contribution in [0.15, 0.2) is 60.2 Å². The molecule has 0 unspecified atom stereocenters. The van der Waals surface area contributed by atoms with Crippen LogP contribution in [0.1, 0.15) is 11.1 Å². The number of hydrogen-bond donors (Lipinski definition) is 1. The number of anilines is 1. The number of carbonyl (C=O) groups excluding carboxylic acids is 3. The maximum atomic E-state index is 12.6. The molecule has 2 aromatic carbocycles. The number of aryl methyl sites for hydroxylation is 1. The first-order valence-corrected chi connectivity index (χ1v) is 7.09. The lowest BCUT2D eigenvalue weighted by Crippen LogP contribution is -2.54. The second-order valence-electron chi connectivity index (χ2n) is 5.20. The Morgan fingerprint density at radius 2 is 1.57 bits per heavy atom. The monoisotopic (exact) mass is 306 g/mol. The van der Waals surface area contributed by atoms with Crippen LogP contribution < -0.4 is 10.2 Å². The summed E-state index contributed by atoms with van der Waals surface area (Å²) in [5.41, 5.74) is 2.07. The van der Waals surface area contributed by atoms with Gasteiger partial charge in [0.2, 0.25) is 0 Å². The molecule has 0 aliphatic carbocycles. The molecule has 1 saturated heterocycles.